The van der Waals surface area contributed by atoms with E-state index < -0.39 is 0 Å². The molecular weight excluding hydrogens is 206 g/mol. The second kappa shape index (κ2) is 3.97. The predicted octanol–water partition coefficient (Wildman–Crippen LogP) is 2.54. The molecule has 0 radical (unpaired) electrons. The zero-order chi connectivity index (χ0) is 10.1. The number of hydrogen-bond donors (Lipinski definition) is 1. The number of anilines is 1. The highest BCUT2D eigenvalue weighted by molar-refractivity contribution is 8.00. The van der Waals surface area contributed by atoms with E-state index in [0.29, 0.717) is 6.10 Å². The lowest BCUT2D eigenvalue weighted by molar-refractivity contribution is 0.240. The van der Waals surface area contributed by atoms with Crippen molar-refractivity contribution in [3.05, 3.63) is 23.8 Å². The van der Waals surface area contributed by atoms with Crippen molar-refractivity contribution in [1.29, 1.82) is 0 Å². The molecule has 0 unspecified atom stereocenters. The molecular formula is C12H15NOS. The summed E-state index contributed by atoms with van der Waals surface area (Å²) in [6, 6.07) is 6.45. The van der Waals surface area contributed by atoms with Gasteiger partial charge >= 0.3 is 0 Å². The van der Waals surface area contributed by atoms with Gasteiger partial charge in [-0.05, 0) is 24.5 Å². The molecule has 1 aromatic rings. The molecule has 2 heterocycles. The summed E-state index contributed by atoms with van der Waals surface area (Å²) in [7, 11) is 0. The molecule has 0 aliphatic carbocycles. The average Bonchev–Trinajstić information content (AvgIpc) is 2.23. The van der Waals surface area contributed by atoms with Crippen molar-refractivity contribution in [2.45, 2.75) is 18.9 Å². The van der Waals surface area contributed by atoms with Crippen LogP contribution in [0.25, 0.3) is 0 Å². The van der Waals surface area contributed by atoms with Crippen LogP contribution in [0.15, 0.2) is 18.2 Å². The fraction of sp³-hybridized carbons (Fsp3) is 0.500. The Morgan fingerprint density at radius 3 is 3.07 bits per heavy atom. The van der Waals surface area contributed by atoms with E-state index in [2.05, 4.69) is 23.5 Å². The first-order chi connectivity index (χ1) is 7.42. The Balaban J connectivity index is 1.77. The molecule has 2 aliphatic heterocycles. The molecule has 3 heteroatoms. The van der Waals surface area contributed by atoms with Gasteiger partial charge in [0.15, 0.2) is 0 Å². The molecule has 0 amide bonds. The molecule has 0 saturated carbocycles. The van der Waals surface area contributed by atoms with Gasteiger partial charge in [-0.1, -0.05) is 6.07 Å². The normalized spacial score (nSPS) is 20.0. The Morgan fingerprint density at radius 2 is 2.27 bits per heavy atom. The Labute approximate surface area is 94.4 Å². The summed E-state index contributed by atoms with van der Waals surface area (Å²) in [5.41, 5.74) is 2.70. The van der Waals surface area contributed by atoms with Crippen LogP contribution in [0, 0.1) is 0 Å². The van der Waals surface area contributed by atoms with Crippen LogP contribution in [0.2, 0.25) is 0 Å². The van der Waals surface area contributed by atoms with Gasteiger partial charge in [-0.15, -0.1) is 0 Å². The zero-order valence-corrected chi connectivity index (χ0v) is 9.48. The van der Waals surface area contributed by atoms with Crippen molar-refractivity contribution in [3.63, 3.8) is 0 Å². The summed E-state index contributed by atoms with van der Waals surface area (Å²) in [4.78, 5) is 0. The van der Waals surface area contributed by atoms with Gasteiger partial charge in [0, 0.05) is 29.8 Å². The van der Waals surface area contributed by atoms with Gasteiger partial charge in [0.2, 0.25) is 0 Å². The molecule has 1 N–H and O–H groups in total. The van der Waals surface area contributed by atoms with Crippen LogP contribution in [0.1, 0.15) is 12.0 Å². The van der Waals surface area contributed by atoms with Crippen molar-refractivity contribution in [2.24, 2.45) is 0 Å². The van der Waals surface area contributed by atoms with Crippen LogP contribution >= 0.6 is 11.8 Å². The lowest BCUT2D eigenvalue weighted by Crippen LogP contribution is -2.31. The van der Waals surface area contributed by atoms with E-state index >= 15 is 0 Å². The van der Waals surface area contributed by atoms with E-state index in [0.717, 1.165) is 23.8 Å². The Kier molecular flexibility index (Phi) is 2.49. The molecule has 0 aromatic heterocycles. The Morgan fingerprint density at radius 1 is 1.33 bits per heavy atom. The lowest BCUT2D eigenvalue weighted by atomic mass is 10.0. The third-order valence-electron chi connectivity index (χ3n) is 2.93. The van der Waals surface area contributed by atoms with Crippen LogP contribution in [0.5, 0.6) is 5.75 Å². The first kappa shape index (κ1) is 9.40. The highest BCUT2D eigenvalue weighted by Gasteiger charge is 2.20. The number of nitrogens with one attached hydrogen (secondary N) is 1. The van der Waals surface area contributed by atoms with E-state index in [-0.39, 0.29) is 0 Å². The van der Waals surface area contributed by atoms with Gasteiger partial charge in [0.05, 0.1) is 0 Å². The molecule has 3 rings (SSSR count). The third-order valence-corrected chi connectivity index (χ3v) is 4.14. The molecule has 1 saturated heterocycles. The van der Waals surface area contributed by atoms with Gasteiger partial charge < -0.3 is 10.1 Å². The molecule has 80 valence electrons. The minimum atomic E-state index is 0.441. The minimum Gasteiger partial charge on any atom is -0.489 e. The van der Waals surface area contributed by atoms with E-state index in [1.807, 2.05) is 11.8 Å². The van der Waals surface area contributed by atoms with Crippen LogP contribution in [0.4, 0.5) is 5.69 Å². The van der Waals surface area contributed by atoms with Crippen LogP contribution in [-0.4, -0.2) is 24.2 Å². The number of hydrogen-bond acceptors (Lipinski definition) is 3. The van der Waals surface area contributed by atoms with Crippen molar-refractivity contribution in [2.75, 3.05) is 23.4 Å². The quantitative estimate of drug-likeness (QED) is 0.829. The van der Waals surface area contributed by atoms with Crippen LogP contribution in [0.3, 0.4) is 0 Å². The molecule has 1 aromatic carbocycles. The van der Waals surface area contributed by atoms with Crippen molar-refractivity contribution in [3.8, 4) is 5.75 Å². The molecule has 2 nitrogen and oxygen atoms in total. The zero-order valence-electron chi connectivity index (χ0n) is 8.66. The number of fused-ring (bicyclic) bond motifs is 1. The molecule has 0 spiro atoms. The van der Waals surface area contributed by atoms with E-state index in [1.54, 1.807) is 0 Å². The van der Waals surface area contributed by atoms with E-state index in [9.17, 15) is 0 Å². The fourth-order valence-electron chi connectivity index (χ4n) is 1.99. The summed E-state index contributed by atoms with van der Waals surface area (Å²) >= 11 is 1.95. The Bertz CT molecular complexity index is 363. The number of rotatable bonds is 2. The molecule has 0 bridgehead atoms. The molecule has 1 fully saturated rings. The van der Waals surface area contributed by atoms with Gasteiger partial charge in [-0.2, -0.15) is 11.8 Å². The average molecular weight is 221 g/mol. The van der Waals surface area contributed by atoms with Crippen molar-refractivity contribution >= 4 is 17.4 Å². The fourth-order valence-corrected chi connectivity index (χ4v) is 2.55. The van der Waals surface area contributed by atoms with Crippen molar-refractivity contribution in [1.82, 2.24) is 0 Å². The van der Waals surface area contributed by atoms with Crippen molar-refractivity contribution < 1.29 is 4.74 Å². The van der Waals surface area contributed by atoms with Crippen LogP contribution < -0.4 is 10.1 Å². The number of thioether (sulfide) groups is 1. The standard InChI is InChI=1S/C12H15NOS/c1-2-9-3-4-10(6-12(9)13-5-1)14-11-7-15-8-11/h3-4,6,11,13H,1-2,5,7-8H2. The Hall–Kier alpha value is -0.830. The molecule has 15 heavy (non-hydrogen) atoms. The largest absolute Gasteiger partial charge is 0.489 e. The summed E-state index contributed by atoms with van der Waals surface area (Å²) < 4.78 is 5.86. The molecule has 2 aliphatic rings. The number of aryl methyl sites for hydroxylation is 1. The van der Waals surface area contributed by atoms with Gasteiger partial charge in [0.25, 0.3) is 0 Å². The second-order valence-electron chi connectivity index (χ2n) is 4.13. The summed E-state index contributed by atoms with van der Waals surface area (Å²) in [6.45, 7) is 1.09. The maximum atomic E-state index is 5.86. The summed E-state index contributed by atoms with van der Waals surface area (Å²) in [6.07, 6.45) is 2.88. The monoisotopic (exact) mass is 221 g/mol. The van der Waals surface area contributed by atoms with Gasteiger partial charge in [-0.25, -0.2) is 0 Å². The highest BCUT2D eigenvalue weighted by Crippen LogP contribution is 2.29. The lowest BCUT2D eigenvalue weighted by Gasteiger charge is -2.27. The van der Waals surface area contributed by atoms with Crippen LogP contribution in [-0.2, 0) is 6.42 Å². The third kappa shape index (κ3) is 1.93. The topological polar surface area (TPSA) is 21.3 Å². The SMILES string of the molecule is c1cc2c(cc1OC1CSC1)NCCC2. The smallest absolute Gasteiger partial charge is 0.121 e. The van der Waals surface area contributed by atoms with Gasteiger partial charge in [0.1, 0.15) is 11.9 Å². The van der Waals surface area contributed by atoms with E-state index in [1.165, 1.54) is 24.1 Å². The maximum Gasteiger partial charge on any atom is 0.121 e. The number of benzene rings is 1. The predicted molar refractivity (Wildman–Crippen MR) is 65.0 cm³/mol. The minimum absolute atomic E-state index is 0.441. The van der Waals surface area contributed by atoms with Gasteiger partial charge in [-0.3, -0.25) is 0 Å². The number of ether oxygens (including phenoxy) is 1. The summed E-state index contributed by atoms with van der Waals surface area (Å²) in [5.74, 6) is 3.31. The molecule has 0 atom stereocenters. The highest BCUT2D eigenvalue weighted by atomic mass is 32.2. The maximum absolute atomic E-state index is 5.86. The first-order valence-electron chi connectivity index (χ1n) is 5.53. The summed E-state index contributed by atoms with van der Waals surface area (Å²) in [5, 5.41) is 3.43. The van der Waals surface area contributed by atoms with E-state index in [4.69, 9.17) is 4.74 Å². The second-order valence-corrected chi connectivity index (χ2v) is 5.20. The first-order valence-corrected chi connectivity index (χ1v) is 6.68.